The summed E-state index contributed by atoms with van der Waals surface area (Å²) in [4.78, 5) is 9.90. The van der Waals surface area contributed by atoms with Crippen LogP contribution >= 0.6 is 0 Å². The minimum absolute atomic E-state index is 0.615. The molecule has 2 aliphatic rings. The molecule has 98 valence electrons. The number of para-hydroxylation sites is 1. The van der Waals surface area contributed by atoms with Crippen LogP contribution in [0.2, 0.25) is 0 Å². The number of benzene rings is 1. The van der Waals surface area contributed by atoms with E-state index in [0.29, 0.717) is 6.61 Å². The Morgan fingerprint density at radius 1 is 1.15 bits per heavy atom. The third-order valence-corrected chi connectivity index (χ3v) is 3.79. The second-order valence-corrected chi connectivity index (χ2v) is 5.09. The molecule has 1 aromatic carbocycles. The Bertz CT molecular complexity index is 767. The highest BCUT2D eigenvalue weighted by atomic mass is 16.6. The van der Waals surface area contributed by atoms with Gasteiger partial charge in [0.1, 0.15) is 12.3 Å². The van der Waals surface area contributed by atoms with Gasteiger partial charge in [-0.1, -0.05) is 35.5 Å². The van der Waals surface area contributed by atoms with Crippen molar-refractivity contribution in [3.8, 4) is 0 Å². The smallest absolute Gasteiger partial charge is 0.139 e. The van der Waals surface area contributed by atoms with Gasteiger partial charge in [0, 0.05) is 22.7 Å². The maximum atomic E-state index is 5.39. The molecule has 1 aliphatic carbocycles. The Labute approximate surface area is 117 Å². The average Bonchev–Trinajstić information content (AvgIpc) is 2.54. The first-order valence-corrected chi connectivity index (χ1v) is 6.86. The fourth-order valence-corrected chi connectivity index (χ4v) is 2.74. The van der Waals surface area contributed by atoms with Gasteiger partial charge in [0.15, 0.2) is 0 Å². The van der Waals surface area contributed by atoms with Gasteiger partial charge in [0.2, 0.25) is 0 Å². The van der Waals surface area contributed by atoms with Gasteiger partial charge in [-0.2, -0.15) is 0 Å². The van der Waals surface area contributed by atoms with Crippen molar-refractivity contribution < 1.29 is 4.84 Å². The van der Waals surface area contributed by atoms with Gasteiger partial charge in [0.25, 0.3) is 0 Å². The highest BCUT2D eigenvalue weighted by Gasteiger charge is 2.20. The molecule has 0 N–H and O–H groups in total. The summed E-state index contributed by atoms with van der Waals surface area (Å²) in [5, 5.41) is 5.38. The second kappa shape index (κ2) is 4.60. The molecule has 3 nitrogen and oxygen atoms in total. The van der Waals surface area contributed by atoms with Crippen LogP contribution in [0.1, 0.15) is 18.4 Å². The van der Waals surface area contributed by atoms with Crippen LogP contribution in [0.15, 0.2) is 65.0 Å². The molecule has 0 radical (unpaired) electrons. The second-order valence-electron chi connectivity index (χ2n) is 5.09. The minimum atomic E-state index is 0.615. The van der Waals surface area contributed by atoms with E-state index in [1.54, 1.807) is 0 Å². The summed E-state index contributed by atoms with van der Waals surface area (Å²) in [6.45, 7) is 0.615. The van der Waals surface area contributed by atoms with Gasteiger partial charge >= 0.3 is 0 Å². The Balaban J connectivity index is 1.84. The van der Waals surface area contributed by atoms with Gasteiger partial charge in [-0.25, -0.2) is 0 Å². The molecule has 20 heavy (non-hydrogen) atoms. The number of pyridine rings is 1. The lowest BCUT2D eigenvalue weighted by Gasteiger charge is -2.21. The average molecular weight is 262 g/mol. The van der Waals surface area contributed by atoms with Gasteiger partial charge in [-0.05, 0) is 30.5 Å². The summed E-state index contributed by atoms with van der Waals surface area (Å²) in [7, 11) is 0. The van der Waals surface area contributed by atoms with Crippen LogP contribution in [0.3, 0.4) is 0 Å². The summed E-state index contributed by atoms with van der Waals surface area (Å²) in [6.07, 6.45) is 8.39. The quantitative estimate of drug-likeness (QED) is 0.786. The summed E-state index contributed by atoms with van der Waals surface area (Å²) in [5.41, 5.74) is 5.47. The van der Waals surface area contributed by atoms with Crippen LogP contribution in [0.4, 0.5) is 0 Å². The van der Waals surface area contributed by atoms with E-state index in [0.717, 1.165) is 35.0 Å². The molecule has 0 unspecified atom stereocenters. The Morgan fingerprint density at radius 2 is 2.10 bits per heavy atom. The molecule has 0 atom stereocenters. The number of aromatic nitrogens is 1. The molecule has 1 aliphatic heterocycles. The fraction of sp³-hybridized carbons (Fsp3) is 0.176. The van der Waals surface area contributed by atoms with Crippen LogP contribution in [-0.4, -0.2) is 17.3 Å². The molecular formula is C17H14N2O. The van der Waals surface area contributed by atoms with Crippen LogP contribution < -0.4 is 0 Å². The number of hydrogen-bond acceptors (Lipinski definition) is 3. The number of hydrogen-bond donors (Lipinski definition) is 0. The third kappa shape index (κ3) is 1.83. The van der Waals surface area contributed by atoms with Crippen molar-refractivity contribution >= 4 is 16.6 Å². The highest BCUT2D eigenvalue weighted by molar-refractivity contribution is 6.15. The van der Waals surface area contributed by atoms with Crippen LogP contribution in [-0.2, 0) is 4.84 Å². The molecule has 0 fully saturated rings. The zero-order chi connectivity index (χ0) is 13.4. The SMILES string of the molecule is C1=CC2=C(CC1)CON=C2c1cnc2ccccc2c1. The summed E-state index contributed by atoms with van der Waals surface area (Å²) in [6, 6.07) is 10.2. The van der Waals surface area contributed by atoms with Crippen LogP contribution in [0.5, 0.6) is 0 Å². The third-order valence-electron chi connectivity index (χ3n) is 3.79. The van der Waals surface area contributed by atoms with Gasteiger partial charge in [0.05, 0.1) is 5.52 Å². The van der Waals surface area contributed by atoms with Crippen molar-refractivity contribution in [1.29, 1.82) is 0 Å². The Morgan fingerprint density at radius 3 is 3.10 bits per heavy atom. The lowest BCUT2D eigenvalue weighted by Crippen LogP contribution is -2.16. The summed E-state index contributed by atoms with van der Waals surface area (Å²) < 4.78 is 0. The van der Waals surface area contributed by atoms with E-state index in [-0.39, 0.29) is 0 Å². The Hall–Kier alpha value is -2.42. The number of rotatable bonds is 1. The first-order chi connectivity index (χ1) is 9.92. The predicted molar refractivity (Wildman–Crippen MR) is 79.6 cm³/mol. The minimum Gasteiger partial charge on any atom is -0.391 e. The van der Waals surface area contributed by atoms with Crippen molar-refractivity contribution in [3.05, 3.63) is 65.4 Å². The molecule has 0 amide bonds. The van der Waals surface area contributed by atoms with Crippen LogP contribution in [0, 0.1) is 0 Å². The Kier molecular flexibility index (Phi) is 2.62. The summed E-state index contributed by atoms with van der Waals surface area (Å²) in [5.74, 6) is 0. The standard InChI is InChI=1S/C17H14N2O/c1-3-7-15-13(6-1)11-20-19-17(15)14-9-12-5-2-4-8-16(12)18-10-14/h2-5,7-10H,1,6,11H2. The number of oxime groups is 1. The van der Waals surface area contributed by atoms with Crippen molar-refractivity contribution in [2.75, 3.05) is 6.61 Å². The van der Waals surface area contributed by atoms with E-state index in [1.807, 2.05) is 24.4 Å². The molecule has 0 saturated heterocycles. The number of fused-ring (bicyclic) bond motifs is 1. The van der Waals surface area contributed by atoms with E-state index in [4.69, 9.17) is 4.84 Å². The lowest BCUT2D eigenvalue weighted by atomic mass is 9.91. The van der Waals surface area contributed by atoms with E-state index < -0.39 is 0 Å². The van der Waals surface area contributed by atoms with Crippen molar-refractivity contribution in [2.24, 2.45) is 5.16 Å². The fourth-order valence-electron chi connectivity index (χ4n) is 2.74. The number of nitrogens with zero attached hydrogens (tertiary/aromatic N) is 2. The summed E-state index contributed by atoms with van der Waals surface area (Å²) >= 11 is 0. The van der Waals surface area contributed by atoms with Gasteiger partial charge in [-0.3, -0.25) is 4.98 Å². The van der Waals surface area contributed by atoms with Crippen LogP contribution in [0.25, 0.3) is 10.9 Å². The van der Waals surface area contributed by atoms with Gasteiger partial charge < -0.3 is 4.84 Å². The molecule has 4 rings (SSSR count). The van der Waals surface area contributed by atoms with E-state index >= 15 is 0 Å². The zero-order valence-electron chi connectivity index (χ0n) is 11.0. The lowest BCUT2D eigenvalue weighted by molar-refractivity contribution is 0.161. The van der Waals surface area contributed by atoms with Gasteiger partial charge in [-0.15, -0.1) is 0 Å². The van der Waals surface area contributed by atoms with Crippen molar-refractivity contribution in [1.82, 2.24) is 4.98 Å². The van der Waals surface area contributed by atoms with Crippen molar-refractivity contribution in [2.45, 2.75) is 12.8 Å². The maximum absolute atomic E-state index is 5.39. The first-order valence-electron chi connectivity index (χ1n) is 6.86. The maximum Gasteiger partial charge on any atom is 0.139 e. The van der Waals surface area contributed by atoms with E-state index in [9.17, 15) is 0 Å². The first kappa shape index (κ1) is 11.4. The molecule has 0 saturated carbocycles. The monoisotopic (exact) mass is 262 g/mol. The molecule has 0 bridgehead atoms. The zero-order valence-corrected chi connectivity index (χ0v) is 11.0. The van der Waals surface area contributed by atoms with E-state index in [2.05, 4.69) is 34.4 Å². The molecule has 0 spiro atoms. The number of allylic oxidation sites excluding steroid dienone is 3. The largest absolute Gasteiger partial charge is 0.391 e. The van der Waals surface area contributed by atoms with E-state index in [1.165, 1.54) is 11.1 Å². The topological polar surface area (TPSA) is 34.5 Å². The normalized spacial score (nSPS) is 17.7. The highest BCUT2D eigenvalue weighted by Crippen LogP contribution is 2.27. The molecule has 3 heteroatoms. The predicted octanol–water partition coefficient (Wildman–Crippen LogP) is 3.62. The molecule has 2 heterocycles. The molecule has 1 aromatic heterocycles. The molecular weight excluding hydrogens is 248 g/mol. The van der Waals surface area contributed by atoms with Crippen molar-refractivity contribution in [3.63, 3.8) is 0 Å². The molecule has 2 aromatic rings.